The molecule has 110 valence electrons. The van der Waals surface area contributed by atoms with Crippen LogP contribution in [0, 0.1) is 6.92 Å². The Bertz CT molecular complexity index is 627. The molecule has 0 aromatic carbocycles. The van der Waals surface area contributed by atoms with E-state index in [-0.39, 0.29) is 11.9 Å². The summed E-state index contributed by atoms with van der Waals surface area (Å²) in [6.07, 6.45) is 4.30. The molecular formula is C16H20N4O. The summed E-state index contributed by atoms with van der Waals surface area (Å²) in [5.74, 6) is 0.423. The molecule has 0 aliphatic heterocycles. The van der Waals surface area contributed by atoms with Crippen LogP contribution in [0.5, 0.6) is 0 Å². The fourth-order valence-electron chi connectivity index (χ4n) is 2.23. The number of nitrogens with zero attached hydrogens (tertiary/aromatic N) is 2. The lowest BCUT2D eigenvalue weighted by Gasteiger charge is -2.20. The predicted octanol–water partition coefficient (Wildman–Crippen LogP) is 2.71. The number of hydrogen-bond donors (Lipinski definition) is 2. The summed E-state index contributed by atoms with van der Waals surface area (Å²) in [5.41, 5.74) is 2.63. The molecule has 2 aromatic rings. The Morgan fingerprint density at radius 3 is 2.62 bits per heavy atom. The van der Waals surface area contributed by atoms with E-state index in [4.69, 9.17) is 0 Å². The quantitative estimate of drug-likeness (QED) is 0.886. The zero-order valence-corrected chi connectivity index (χ0v) is 12.6. The monoisotopic (exact) mass is 284 g/mol. The minimum absolute atomic E-state index is 0.0181. The maximum atomic E-state index is 11.9. The zero-order valence-electron chi connectivity index (χ0n) is 12.6. The third-order valence-electron chi connectivity index (χ3n) is 3.38. The first-order valence-electron chi connectivity index (χ1n) is 7.02. The molecule has 2 heterocycles. The van der Waals surface area contributed by atoms with E-state index in [1.54, 1.807) is 31.6 Å². The van der Waals surface area contributed by atoms with Gasteiger partial charge < -0.3 is 10.6 Å². The normalized spacial score (nSPS) is 11.8. The van der Waals surface area contributed by atoms with E-state index in [1.807, 2.05) is 19.1 Å². The van der Waals surface area contributed by atoms with Crippen LogP contribution in [0.3, 0.4) is 0 Å². The van der Waals surface area contributed by atoms with E-state index in [0.29, 0.717) is 11.4 Å². The summed E-state index contributed by atoms with van der Waals surface area (Å²) < 4.78 is 0. The summed E-state index contributed by atoms with van der Waals surface area (Å²) in [5, 5.41) is 5.96. The van der Waals surface area contributed by atoms with Gasteiger partial charge in [0.2, 0.25) is 0 Å². The third-order valence-corrected chi connectivity index (χ3v) is 3.38. The number of aromatic nitrogens is 2. The van der Waals surface area contributed by atoms with Gasteiger partial charge in [-0.15, -0.1) is 0 Å². The molecule has 21 heavy (non-hydrogen) atoms. The molecule has 0 radical (unpaired) electrons. The van der Waals surface area contributed by atoms with E-state index in [1.165, 1.54) is 0 Å². The van der Waals surface area contributed by atoms with Gasteiger partial charge in [-0.25, -0.2) is 4.98 Å². The highest BCUT2D eigenvalue weighted by Gasteiger charge is 2.17. The topological polar surface area (TPSA) is 66.9 Å². The van der Waals surface area contributed by atoms with Crippen LogP contribution in [-0.4, -0.2) is 22.9 Å². The van der Waals surface area contributed by atoms with E-state index in [9.17, 15) is 4.79 Å². The Balaban J connectivity index is 2.32. The largest absolute Gasteiger partial charge is 0.361 e. The second-order valence-corrected chi connectivity index (χ2v) is 4.79. The van der Waals surface area contributed by atoms with Gasteiger partial charge in [-0.3, -0.25) is 9.78 Å². The first kappa shape index (κ1) is 15.0. The molecule has 1 atom stereocenters. The summed E-state index contributed by atoms with van der Waals surface area (Å²) >= 11 is 0. The van der Waals surface area contributed by atoms with Gasteiger partial charge in [-0.1, -0.05) is 13.0 Å². The molecule has 0 spiro atoms. The Labute approximate surface area is 124 Å². The number of anilines is 1. The number of carbonyl (C=O) groups is 1. The third kappa shape index (κ3) is 3.37. The molecule has 0 fully saturated rings. The highest BCUT2D eigenvalue weighted by atomic mass is 16.1. The van der Waals surface area contributed by atoms with Crippen molar-refractivity contribution in [2.24, 2.45) is 0 Å². The van der Waals surface area contributed by atoms with Crippen molar-refractivity contribution in [3.63, 3.8) is 0 Å². The molecule has 2 aromatic heterocycles. The fraction of sp³-hybridized carbons (Fsp3) is 0.312. The van der Waals surface area contributed by atoms with Crippen LogP contribution in [0.4, 0.5) is 5.82 Å². The van der Waals surface area contributed by atoms with Gasteiger partial charge in [-0.2, -0.15) is 0 Å². The molecule has 0 saturated heterocycles. The molecule has 2 N–H and O–H groups in total. The van der Waals surface area contributed by atoms with Crippen molar-refractivity contribution in [1.29, 1.82) is 0 Å². The lowest BCUT2D eigenvalue weighted by molar-refractivity contribution is 0.0963. The second-order valence-electron chi connectivity index (χ2n) is 4.79. The van der Waals surface area contributed by atoms with Crippen molar-refractivity contribution in [2.75, 3.05) is 12.4 Å². The Morgan fingerprint density at radius 2 is 1.95 bits per heavy atom. The number of rotatable bonds is 5. The van der Waals surface area contributed by atoms with Crippen molar-refractivity contribution < 1.29 is 4.79 Å². The first-order chi connectivity index (χ1) is 10.2. The minimum Gasteiger partial charge on any atom is -0.361 e. The van der Waals surface area contributed by atoms with Crippen molar-refractivity contribution in [3.8, 4) is 0 Å². The maximum Gasteiger partial charge on any atom is 0.254 e. The van der Waals surface area contributed by atoms with E-state index < -0.39 is 0 Å². The Kier molecular flexibility index (Phi) is 4.87. The SMILES string of the molecule is CCC(Nc1ncccc1C(=O)NC)c1ncccc1C. The molecule has 1 amide bonds. The van der Waals surface area contributed by atoms with Gasteiger partial charge >= 0.3 is 0 Å². The van der Waals surface area contributed by atoms with Gasteiger partial charge in [0.15, 0.2) is 0 Å². The predicted molar refractivity (Wildman–Crippen MR) is 83.3 cm³/mol. The van der Waals surface area contributed by atoms with E-state index >= 15 is 0 Å². The van der Waals surface area contributed by atoms with Crippen LogP contribution in [0.1, 0.15) is 41.0 Å². The molecule has 1 unspecified atom stereocenters. The summed E-state index contributed by atoms with van der Waals surface area (Å²) in [6.45, 7) is 4.11. The van der Waals surface area contributed by atoms with E-state index in [0.717, 1.165) is 17.7 Å². The lowest BCUT2D eigenvalue weighted by atomic mass is 10.1. The van der Waals surface area contributed by atoms with Crippen molar-refractivity contribution in [1.82, 2.24) is 15.3 Å². The average Bonchev–Trinajstić information content (AvgIpc) is 2.53. The number of aryl methyl sites for hydroxylation is 1. The lowest BCUT2D eigenvalue weighted by Crippen LogP contribution is -2.22. The zero-order chi connectivity index (χ0) is 15.2. The van der Waals surface area contributed by atoms with Gasteiger partial charge in [0.05, 0.1) is 17.3 Å². The summed E-state index contributed by atoms with van der Waals surface area (Å²) in [6, 6.07) is 7.48. The summed E-state index contributed by atoms with van der Waals surface area (Å²) in [4.78, 5) is 20.6. The van der Waals surface area contributed by atoms with Gasteiger partial charge in [0, 0.05) is 19.4 Å². The number of carbonyl (C=O) groups excluding carboxylic acids is 1. The van der Waals surface area contributed by atoms with Gasteiger partial charge in [0.25, 0.3) is 5.91 Å². The van der Waals surface area contributed by atoms with Gasteiger partial charge in [0.1, 0.15) is 5.82 Å². The standard InChI is InChI=1S/C16H20N4O/c1-4-13(14-11(2)7-5-9-18-14)20-15-12(16(21)17-3)8-6-10-19-15/h5-10,13H,4H2,1-3H3,(H,17,21)(H,19,20). The molecule has 2 rings (SSSR count). The molecule has 0 saturated carbocycles. The number of nitrogens with one attached hydrogen (secondary N) is 2. The Hall–Kier alpha value is -2.43. The number of pyridine rings is 2. The van der Waals surface area contributed by atoms with Crippen LogP contribution in [0.25, 0.3) is 0 Å². The average molecular weight is 284 g/mol. The first-order valence-corrected chi connectivity index (χ1v) is 7.02. The minimum atomic E-state index is -0.154. The van der Waals surface area contributed by atoms with E-state index in [2.05, 4.69) is 27.5 Å². The van der Waals surface area contributed by atoms with Crippen LogP contribution in [0.15, 0.2) is 36.7 Å². The van der Waals surface area contributed by atoms with Crippen LogP contribution >= 0.6 is 0 Å². The van der Waals surface area contributed by atoms with Crippen LogP contribution in [-0.2, 0) is 0 Å². The van der Waals surface area contributed by atoms with Crippen LogP contribution in [0.2, 0.25) is 0 Å². The molecule has 0 aliphatic carbocycles. The van der Waals surface area contributed by atoms with Crippen molar-refractivity contribution >= 4 is 11.7 Å². The second kappa shape index (κ2) is 6.83. The fourth-order valence-corrected chi connectivity index (χ4v) is 2.23. The molecule has 5 nitrogen and oxygen atoms in total. The Morgan fingerprint density at radius 1 is 1.24 bits per heavy atom. The highest BCUT2D eigenvalue weighted by molar-refractivity contribution is 5.98. The maximum absolute atomic E-state index is 11.9. The molecule has 0 aliphatic rings. The molecule has 0 bridgehead atoms. The molecule has 5 heteroatoms. The summed E-state index contributed by atoms with van der Waals surface area (Å²) in [7, 11) is 1.61. The smallest absolute Gasteiger partial charge is 0.254 e. The number of hydrogen-bond acceptors (Lipinski definition) is 4. The molecular weight excluding hydrogens is 264 g/mol. The van der Waals surface area contributed by atoms with Gasteiger partial charge in [-0.05, 0) is 37.1 Å². The highest BCUT2D eigenvalue weighted by Crippen LogP contribution is 2.24. The van der Waals surface area contributed by atoms with Crippen molar-refractivity contribution in [3.05, 3.63) is 53.5 Å². The van der Waals surface area contributed by atoms with Crippen molar-refractivity contribution in [2.45, 2.75) is 26.3 Å². The number of amides is 1. The van der Waals surface area contributed by atoms with Crippen LogP contribution < -0.4 is 10.6 Å².